The number of benzene rings is 1. The van der Waals surface area contributed by atoms with E-state index in [1.165, 1.54) is 6.07 Å². The number of hydrogen-bond donors (Lipinski definition) is 2. The average molecular weight is 325 g/mol. The summed E-state index contributed by atoms with van der Waals surface area (Å²) in [4.78, 5) is 12.9. The first-order valence-corrected chi connectivity index (χ1v) is 7.70. The molecular weight excluding hydrogens is 305 g/mol. The zero-order valence-electron chi connectivity index (χ0n) is 12.7. The summed E-state index contributed by atoms with van der Waals surface area (Å²) in [5.74, 6) is -0.337. The molecule has 1 aliphatic carbocycles. The summed E-state index contributed by atoms with van der Waals surface area (Å²) in [6, 6.07) is 6.73. The Balaban J connectivity index is 1.93. The van der Waals surface area contributed by atoms with Crippen LogP contribution in [-0.4, -0.2) is 25.0 Å². The summed E-state index contributed by atoms with van der Waals surface area (Å²) in [5.41, 5.74) is -0.396. The first kappa shape index (κ1) is 16.7. The van der Waals surface area contributed by atoms with E-state index in [0.29, 0.717) is 17.1 Å². The third-order valence-electron chi connectivity index (χ3n) is 4.03. The van der Waals surface area contributed by atoms with E-state index in [0.717, 1.165) is 17.7 Å². The standard InChI is InChI=1S/C16H19ClFN3O/c1-16(10-19,11-6-7-11)20-15(22)9-21(2)8-12-13(17)4-3-5-14(12)18/h3-5,11H,6-9H2,1-2H3,(H,20,22)/p+1/t16-/m1/s1. The van der Waals surface area contributed by atoms with Gasteiger partial charge in [0.1, 0.15) is 17.9 Å². The van der Waals surface area contributed by atoms with E-state index in [9.17, 15) is 14.4 Å². The van der Waals surface area contributed by atoms with Crippen LogP contribution in [0, 0.1) is 23.1 Å². The molecule has 1 aliphatic rings. The Morgan fingerprint density at radius 3 is 2.82 bits per heavy atom. The normalized spacial score (nSPS) is 18.1. The molecule has 0 saturated heterocycles. The number of quaternary nitrogens is 1. The summed E-state index contributed by atoms with van der Waals surface area (Å²) >= 11 is 5.99. The van der Waals surface area contributed by atoms with Crippen molar-refractivity contribution in [3.05, 3.63) is 34.6 Å². The van der Waals surface area contributed by atoms with Crippen LogP contribution in [0.15, 0.2) is 18.2 Å². The Labute approximate surface area is 134 Å². The number of nitrogens with one attached hydrogen (secondary N) is 2. The Hall–Kier alpha value is -1.64. The highest BCUT2D eigenvalue weighted by atomic mass is 35.5. The molecule has 0 aromatic heterocycles. The molecule has 0 bridgehead atoms. The van der Waals surface area contributed by atoms with Crippen molar-refractivity contribution in [2.45, 2.75) is 31.8 Å². The lowest BCUT2D eigenvalue weighted by Crippen LogP contribution is -3.09. The average Bonchev–Trinajstić information content (AvgIpc) is 3.27. The van der Waals surface area contributed by atoms with Crippen molar-refractivity contribution in [1.29, 1.82) is 5.26 Å². The largest absolute Gasteiger partial charge is 0.333 e. The molecule has 0 aliphatic heterocycles. The topological polar surface area (TPSA) is 57.3 Å². The maximum atomic E-state index is 13.7. The number of nitriles is 1. The number of carbonyl (C=O) groups is 1. The van der Waals surface area contributed by atoms with Crippen LogP contribution in [0.5, 0.6) is 0 Å². The first-order chi connectivity index (χ1) is 10.4. The zero-order chi connectivity index (χ0) is 16.3. The van der Waals surface area contributed by atoms with E-state index in [1.807, 2.05) is 0 Å². The minimum atomic E-state index is -0.799. The van der Waals surface area contributed by atoms with Crippen LogP contribution in [0.25, 0.3) is 0 Å². The number of nitrogens with zero attached hydrogens (tertiary/aromatic N) is 1. The van der Waals surface area contributed by atoms with Crippen molar-refractivity contribution in [2.75, 3.05) is 13.6 Å². The molecule has 118 valence electrons. The third kappa shape index (κ3) is 3.96. The van der Waals surface area contributed by atoms with E-state index in [2.05, 4.69) is 11.4 Å². The molecule has 6 heteroatoms. The van der Waals surface area contributed by atoms with Crippen molar-refractivity contribution in [1.82, 2.24) is 5.32 Å². The van der Waals surface area contributed by atoms with Gasteiger partial charge in [-0.3, -0.25) is 4.79 Å². The van der Waals surface area contributed by atoms with Gasteiger partial charge in [-0.05, 0) is 37.8 Å². The molecule has 1 aromatic carbocycles. The summed E-state index contributed by atoms with van der Waals surface area (Å²) in [6.45, 7) is 2.23. The molecule has 0 heterocycles. The molecule has 2 atom stereocenters. The SMILES string of the molecule is C[NH+](CC(=O)N[C@](C)(C#N)C1CC1)Cc1c(F)cccc1Cl. The predicted molar refractivity (Wildman–Crippen MR) is 81.8 cm³/mol. The molecule has 2 N–H and O–H groups in total. The summed E-state index contributed by atoms with van der Waals surface area (Å²) in [5, 5.41) is 12.4. The van der Waals surface area contributed by atoms with E-state index < -0.39 is 5.54 Å². The summed E-state index contributed by atoms with van der Waals surface area (Å²) in [6.07, 6.45) is 1.94. The number of likely N-dealkylation sites (N-methyl/N-ethyl adjacent to an activating group) is 1. The van der Waals surface area contributed by atoms with Gasteiger partial charge < -0.3 is 10.2 Å². The lowest BCUT2D eigenvalue weighted by atomic mass is 9.98. The van der Waals surface area contributed by atoms with Crippen molar-refractivity contribution in [2.24, 2.45) is 5.92 Å². The van der Waals surface area contributed by atoms with Gasteiger partial charge in [0.25, 0.3) is 5.91 Å². The molecule has 1 saturated carbocycles. The van der Waals surface area contributed by atoms with E-state index >= 15 is 0 Å². The van der Waals surface area contributed by atoms with Gasteiger partial charge in [-0.25, -0.2) is 4.39 Å². The molecular formula is C16H20ClFN3O+. The number of hydrogen-bond acceptors (Lipinski definition) is 2. The monoisotopic (exact) mass is 324 g/mol. The first-order valence-electron chi connectivity index (χ1n) is 7.32. The smallest absolute Gasteiger partial charge is 0.276 e. The minimum absolute atomic E-state index is 0.161. The van der Waals surface area contributed by atoms with Gasteiger partial charge in [0.2, 0.25) is 0 Å². The number of carbonyl (C=O) groups excluding carboxylic acids is 1. The Morgan fingerprint density at radius 2 is 2.27 bits per heavy atom. The van der Waals surface area contributed by atoms with Gasteiger partial charge in [0.15, 0.2) is 6.54 Å². The number of amides is 1. The Kier molecular flexibility index (Phi) is 5.05. The molecule has 0 spiro atoms. The molecule has 1 fully saturated rings. The van der Waals surface area contributed by atoms with Gasteiger partial charge in [-0.2, -0.15) is 5.26 Å². The van der Waals surface area contributed by atoms with Crippen LogP contribution >= 0.6 is 11.6 Å². The maximum absolute atomic E-state index is 13.7. The number of rotatable bonds is 6. The second-order valence-corrected chi connectivity index (χ2v) is 6.55. The van der Waals surface area contributed by atoms with Crippen LogP contribution < -0.4 is 10.2 Å². The molecule has 22 heavy (non-hydrogen) atoms. The van der Waals surface area contributed by atoms with Crippen LogP contribution in [0.3, 0.4) is 0 Å². The summed E-state index contributed by atoms with van der Waals surface area (Å²) in [7, 11) is 1.79. The van der Waals surface area contributed by atoms with Crippen LogP contribution in [-0.2, 0) is 11.3 Å². The molecule has 4 nitrogen and oxygen atoms in total. The lowest BCUT2D eigenvalue weighted by Gasteiger charge is -2.24. The van der Waals surface area contributed by atoms with E-state index in [4.69, 9.17) is 11.6 Å². The van der Waals surface area contributed by atoms with Crippen molar-refractivity contribution < 1.29 is 14.1 Å². The fourth-order valence-corrected chi connectivity index (χ4v) is 2.79. The minimum Gasteiger partial charge on any atom is -0.333 e. The fourth-order valence-electron chi connectivity index (χ4n) is 2.56. The van der Waals surface area contributed by atoms with Crippen molar-refractivity contribution >= 4 is 17.5 Å². The van der Waals surface area contributed by atoms with Gasteiger partial charge in [0, 0.05) is 0 Å². The van der Waals surface area contributed by atoms with E-state index in [1.54, 1.807) is 26.1 Å². The van der Waals surface area contributed by atoms with Crippen LogP contribution in [0.4, 0.5) is 4.39 Å². The maximum Gasteiger partial charge on any atom is 0.276 e. The zero-order valence-corrected chi connectivity index (χ0v) is 13.5. The molecule has 2 rings (SSSR count). The Morgan fingerprint density at radius 1 is 1.59 bits per heavy atom. The van der Waals surface area contributed by atoms with E-state index in [-0.39, 0.29) is 24.2 Å². The highest BCUT2D eigenvalue weighted by Gasteiger charge is 2.43. The van der Waals surface area contributed by atoms with Crippen molar-refractivity contribution in [3.63, 3.8) is 0 Å². The highest BCUT2D eigenvalue weighted by molar-refractivity contribution is 6.31. The molecule has 1 unspecified atom stereocenters. The third-order valence-corrected chi connectivity index (χ3v) is 4.38. The van der Waals surface area contributed by atoms with Crippen LogP contribution in [0.2, 0.25) is 5.02 Å². The van der Waals surface area contributed by atoms with Gasteiger partial charge >= 0.3 is 0 Å². The quantitative estimate of drug-likeness (QED) is 0.829. The van der Waals surface area contributed by atoms with Gasteiger partial charge in [-0.1, -0.05) is 17.7 Å². The lowest BCUT2D eigenvalue weighted by molar-refractivity contribution is -0.885. The number of halogens is 2. The Bertz CT molecular complexity index is 592. The molecule has 0 radical (unpaired) electrons. The summed E-state index contributed by atoms with van der Waals surface area (Å²) < 4.78 is 13.7. The van der Waals surface area contributed by atoms with Crippen LogP contribution in [0.1, 0.15) is 25.3 Å². The fraction of sp³-hybridized carbons (Fsp3) is 0.500. The highest BCUT2D eigenvalue weighted by Crippen LogP contribution is 2.39. The van der Waals surface area contributed by atoms with Gasteiger partial charge in [0.05, 0.1) is 23.7 Å². The molecule has 1 amide bonds. The predicted octanol–water partition coefficient (Wildman–Crippen LogP) is 1.30. The second-order valence-electron chi connectivity index (χ2n) is 6.15. The second kappa shape index (κ2) is 6.64. The van der Waals surface area contributed by atoms with Gasteiger partial charge in [-0.15, -0.1) is 0 Å². The molecule has 1 aromatic rings. The van der Waals surface area contributed by atoms with Crippen molar-refractivity contribution in [3.8, 4) is 6.07 Å².